The predicted octanol–water partition coefficient (Wildman–Crippen LogP) is 18.3. The summed E-state index contributed by atoms with van der Waals surface area (Å²) in [6.07, 6.45) is 5.58. The monoisotopic (exact) mass is 1480 g/mol. The van der Waals surface area contributed by atoms with E-state index in [-0.39, 0.29) is 46.6 Å². The van der Waals surface area contributed by atoms with Crippen molar-refractivity contribution in [2.45, 2.75) is 39.0 Å². The number of unbranched alkanes of at least 4 members (excludes halogenated alkanes) is 1. The van der Waals surface area contributed by atoms with Crippen molar-refractivity contribution in [2.24, 2.45) is 0 Å². The normalized spacial score (nSPS) is 13.0. The van der Waals surface area contributed by atoms with E-state index in [0.717, 1.165) is 71.2 Å². The molecule has 5 heterocycles. The van der Waals surface area contributed by atoms with Crippen LogP contribution in [0.15, 0.2) is 243 Å². The van der Waals surface area contributed by atoms with Crippen LogP contribution in [-0.2, 0) is 46.6 Å². The number of anilines is 10. The van der Waals surface area contributed by atoms with Crippen LogP contribution in [0.1, 0.15) is 39.2 Å². The molecule has 433 valence electrons. The van der Waals surface area contributed by atoms with Gasteiger partial charge in [-0.3, -0.25) is 0 Å². The van der Waals surface area contributed by atoms with Gasteiger partial charge in [-0.15, -0.1) is 71.5 Å². The molecule has 1 radical (unpaired) electrons. The fraction of sp³-hybridized carbons (Fsp3) is 0.107. The van der Waals surface area contributed by atoms with Crippen LogP contribution in [0.4, 0.5) is 56.9 Å². The van der Waals surface area contributed by atoms with Crippen molar-refractivity contribution in [1.82, 2.24) is 9.97 Å². The number of nitrogens with zero attached hydrogens (tertiary/aromatic N) is 8. The summed E-state index contributed by atoms with van der Waals surface area (Å²) in [7, 11) is 0. The molecule has 0 saturated heterocycles. The number of para-hydroxylation sites is 7. The average Bonchev–Trinajstić information content (AvgIpc) is 3.11. The van der Waals surface area contributed by atoms with E-state index < -0.39 is 0 Å². The van der Waals surface area contributed by atoms with Crippen LogP contribution in [0.2, 0.25) is 0 Å². The Hall–Kier alpha value is -8.78. The van der Waals surface area contributed by atoms with Gasteiger partial charge in [0.2, 0.25) is 0 Å². The molecule has 11 aromatic rings. The molecule has 2 aromatic heterocycles. The van der Waals surface area contributed by atoms with Gasteiger partial charge in [0.15, 0.2) is 0 Å². The van der Waals surface area contributed by atoms with E-state index in [1.807, 2.05) is 48.5 Å². The maximum atomic E-state index is 6.22. The summed E-state index contributed by atoms with van der Waals surface area (Å²) >= 11 is 0. The Bertz CT molecular complexity index is 3960. The third-order valence-electron chi connectivity index (χ3n) is 15.1. The second kappa shape index (κ2) is 26.6. The van der Waals surface area contributed by atoms with E-state index >= 15 is 0 Å². The molecule has 0 N–H and O–H groups in total. The smallest absolute Gasteiger partial charge is 0.0344 e. The zero-order valence-electron chi connectivity index (χ0n) is 47.8. The van der Waals surface area contributed by atoms with Crippen LogP contribution in [0.3, 0.4) is 0 Å². The molecule has 9 nitrogen and oxygen atoms in total. The van der Waals surface area contributed by atoms with Crippen molar-refractivity contribution in [1.29, 1.82) is 0 Å². The summed E-state index contributed by atoms with van der Waals surface area (Å²) in [6, 6.07) is 96.1. The number of ether oxygens (including phenoxy) is 1. The molecule has 3 aliphatic rings. The Morgan fingerprint density at radius 2 is 0.930 bits per heavy atom. The van der Waals surface area contributed by atoms with Gasteiger partial charge in [0.05, 0.1) is 0 Å². The minimum absolute atomic E-state index is 0. The van der Waals surface area contributed by atoms with Crippen LogP contribution < -0.4 is 34.1 Å². The van der Waals surface area contributed by atoms with Crippen LogP contribution in [0.5, 0.6) is 11.5 Å². The molecular weight excluding hydrogens is 1420 g/mol. The minimum Gasteiger partial charge on any atom is -0.510 e. The van der Waals surface area contributed by atoms with Gasteiger partial charge in [-0.25, -0.2) is 6.07 Å². The third kappa shape index (κ3) is 12.9. The summed E-state index contributed by atoms with van der Waals surface area (Å²) in [5, 5.41) is 0. The number of rotatable bonds is 14. The van der Waals surface area contributed by atoms with Gasteiger partial charge in [0, 0.05) is 92.5 Å². The second-order valence-electron chi connectivity index (χ2n) is 21.8. The van der Waals surface area contributed by atoms with E-state index in [1.165, 1.54) is 39.4 Å². The first-order valence-corrected chi connectivity index (χ1v) is 28.5. The van der Waals surface area contributed by atoms with E-state index in [0.29, 0.717) is 22.9 Å². The number of pyridine rings is 2. The number of hydrogen-bond acceptors (Lipinski definition) is 9. The molecule has 3 aliphatic heterocycles. The molecule has 0 unspecified atom stereocenters. The average molecular weight is 1480 g/mol. The van der Waals surface area contributed by atoms with Crippen molar-refractivity contribution in [3.8, 4) is 45.1 Å². The Balaban J connectivity index is 0.000000178. The molecular formula is C75H60IrN8OPt-8. The fourth-order valence-electron chi connectivity index (χ4n) is 10.8. The molecule has 9 aromatic carbocycles. The first-order valence-electron chi connectivity index (χ1n) is 28.5. The molecule has 0 amide bonds. The van der Waals surface area contributed by atoms with Crippen molar-refractivity contribution < 1.29 is 45.9 Å². The number of benzene rings is 9. The van der Waals surface area contributed by atoms with E-state index in [1.54, 1.807) is 24.5 Å². The molecule has 0 aliphatic carbocycles. The van der Waals surface area contributed by atoms with Crippen LogP contribution in [0.25, 0.3) is 33.6 Å². The molecule has 0 fully saturated rings. The van der Waals surface area contributed by atoms with Gasteiger partial charge in [-0.2, -0.15) is 85.6 Å². The molecule has 86 heavy (non-hydrogen) atoms. The quantitative estimate of drug-likeness (QED) is 0.0783. The van der Waals surface area contributed by atoms with Crippen LogP contribution in [-0.4, -0.2) is 23.1 Å². The fourth-order valence-corrected chi connectivity index (χ4v) is 10.8. The topological polar surface area (TPSA) is 54.5 Å². The van der Waals surface area contributed by atoms with E-state index in [4.69, 9.17) is 4.74 Å². The number of hydrogen-bond donors (Lipinski definition) is 0. The van der Waals surface area contributed by atoms with Gasteiger partial charge in [-0.1, -0.05) is 123 Å². The van der Waals surface area contributed by atoms with Gasteiger partial charge in [-0.05, 0) is 115 Å². The summed E-state index contributed by atoms with van der Waals surface area (Å²) in [4.78, 5) is 22.4. The zero-order chi connectivity index (χ0) is 56.8. The predicted molar refractivity (Wildman–Crippen MR) is 342 cm³/mol. The summed E-state index contributed by atoms with van der Waals surface area (Å²) in [5.41, 5.74) is 18.4. The molecule has 0 atom stereocenters. The Kier molecular flexibility index (Phi) is 18.3. The second-order valence-corrected chi connectivity index (χ2v) is 21.8. The van der Waals surface area contributed by atoms with Crippen molar-refractivity contribution >= 4 is 56.9 Å². The largest absolute Gasteiger partial charge is 0.510 e. The van der Waals surface area contributed by atoms with Gasteiger partial charge >= 0.3 is 0 Å². The summed E-state index contributed by atoms with van der Waals surface area (Å²) < 4.78 is 6.22. The van der Waals surface area contributed by atoms with Gasteiger partial charge in [0.25, 0.3) is 0 Å². The first-order chi connectivity index (χ1) is 41.3. The summed E-state index contributed by atoms with van der Waals surface area (Å²) in [6.45, 7) is 15.2. The molecule has 0 bridgehead atoms. The van der Waals surface area contributed by atoms with E-state index in [9.17, 15) is 0 Å². The van der Waals surface area contributed by atoms with Crippen molar-refractivity contribution in [3.63, 3.8) is 0 Å². The van der Waals surface area contributed by atoms with Crippen molar-refractivity contribution in [2.75, 3.05) is 42.5 Å². The maximum absolute atomic E-state index is 6.22. The Morgan fingerprint density at radius 1 is 0.419 bits per heavy atom. The maximum Gasteiger partial charge on any atom is 0.0344 e. The summed E-state index contributed by atoms with van der Waals surface area (Å²) in [5.74, 6) is 1.09. The Morgan fingerprint density at radius 3 is 1.49 bits per heavy atom. The number of aromatic nitrogens is 2. The first kappa shape index (κ1) is 59.0. The molecule has 14 rings (SSSR count). The third-order valence-corrected chi connectivity index (χ3v) is 15.1. The zero-order valence-corrected chi connectivity index (χ0v) is 52.5. The standard InChI is InChI=1S/C41H26N4O.C34H34N4.Ir.Pt/c1-3-12-30(13-4-1)32-24-33(31-14-5-2-6-15-31)26-35(25-32)45-29-44(40-19-7-8-20-41(40)45)34-16-11-17-36(27-34)46-37-21-23-43-39(28-37)38-18-9-10-22-42-38;1-34(2,3)27-19-21-29(22-20-27)38-26-36(31-16-8-10-18-33(31)38)24-12-11-23-35-25-37(28-13-5-4-6-14-28)32-17-9-7-15-30(32)35;;/h1-17,19-26,29H;4-10,13,15-21,25-26H,11-12,23-24H2,1-3H3;;/q2*-4;;. The van der Waals surface area contributed by atoms with Crippen LogP contribution >= 0.6 is 0 Å². The van der Waals surface area contributed by atoms with Crippen molar-refractivity contribution in [3.05, 3.63) is 299 Å². The van der Waals surface area contributed by atoms with Gasteiger partial charge in [0.1, 0.15) is 0 Å². The van der Waals surface area contributed by atoms with Crippen LogP contribution in [0, 0.1) is 50.3 Å². The van der Waals surface area contributed by atoms with Gasteiger partial charge < -0.3 is 44.1 Å². The minimum atomic E-state index is 0. The molecule has 0 saturated carbocycles. The molecule has 11 heteroatoms. The Labute approximate surface area is 534 Å². The van der Waals surface area contributed by atoms with E-state index in [2.05, 4.69) is 280 Å². The SMILES string of the molecule is CC(C)(C)c1c[c-]c(N2[CH-]N(CCCCN3[CH-]N(c4[c-]cccc4)c4ccccc43)c3ccccc32)cc1.[Ir].[Pt].[c-]1c(Oc2[c-]c(-c3[c-]cccn3)ncc2)cccc1N1[CH-]N(c2cc(-c3ccccc3)cc(-c3ccccc3)c2)c2ccccc21. The number of fused-ring (bicyclic) bond motifs is 3. The molecule has 0 spiro atoms.